The summed E-state index contributed by atoms with van der Waals surface area (Å²) >= 11 is 1.54. The number of hydrazone groups is 1. The lowest BCUT2D eigenvalue weighted by atomic mass is 10.2. The number of rotatable bonds is 7. The first-order valence-electron chi connectivity index (χ1n) is 8.01. The third kappa shape index (κ3) is 5.26. The molecule has 1 heterocycles. The Bertz CT molecular complexity index is 877. The fraction of sp³-hybridized carbons (Fsp3) is 0.100. The van der Waals surface area contributed by atoms with Gasteiger partial charge < -0.3 is 4.74 Å². The third-order valence-corrected chi connectivity index (χ3v) is 4.43. The number of hydrogen-bond donors (Lipinski definition) is 1. The van der Waals surface area contributed by atoms with Gasteiger partial charge in [-0.1, -0.05) is 24.3 Å². The number of amides is 1. The van der Waals surface area contributed by atoms with Gasteiger partial charge in [-0.15, -0.1) is 11.3 Å². The summed E-state index contributed by atoms with van der Waals surface area (Å²) in [5.74, 6) is 0.190. The lowest BCUT2D eigenvalue weighted by Crippen LogP contribution is -2.19. The van der Waals surface area contributed by atoms with Crippen molar-refractivity contribution in [2.45, 2.75) is 13.0 Å². The molecule has 0 bridgehead atoms. The summed E-state index contributed by atoms with van der Waals surface area (Å²) in [6.45, 7) is 0.166. The molecule has 1 aromatic heterocycles. The number of halogens is 1. The average Bonchev–Trinajstić information content (AvgIpc) is 3.15. The summed E-state index contributed by atoms with van der Waals surface area (Å²) in [6, 6.07) is 17.5. The summed E-state index contributed by atoms with van der Waals surface area (Å²) in [5, 5.41) is 5.88. The average molecular weight is 368 g/mol. The monoisotopic (exact) mass is 368 g/mol. The Hall–Kier alpha value is -2.99. The fourth-order valence-corrected chi connectivity index (χ4v) is 2.92. The predicted octanol–water partition coefficient (Wildman–Crippen LogP) is 4.16. The van der Waals surface area contributed by atoms with Crippen molar-refractivity contribution in [3.63, 3.8) is 0 Å². The van der Waals surface area contributed by atoms with Crippen molar-refractivity contribution in [1.82, 2.24) is 5.43 Å². The first-order chi connectivity index (χ1) is 12.7. The zero-order chi connectivity index (χ0) is 18.2. The molecule has 0 saturated heterocycles. The minimum Gasteiger partial charge on any atom is -0.489 e. The Labute approximate surface area is 155 Å². The molecule has 0 aliphatic rings. The van der Waals surface area contributed by atoms with Crippen LogP contribution in [0.3, 0.4) is 0 Å². The van der Waals surface area contributed by atoms with E-state index in [0.717, 1.165) is 10.4 Å². The van der Waals surface area contributed by atoms with Crippen LogP contribution in [0, 0.1) is 5.82 Å². The maximum atomic E-state index is 13.5. The Balaban J connectivity index is 1.48. The summed E-state index contributed by atoms with van der Waals surface area (Å²) < 4.78 is 19.1. The second-order valence-electron chi connectivity index (χ2n) is 5.50. The Morgan fingerprint density at radius 2 is 1.92 bits per heavy atom. The normalized spacial score (nSPS) is 10.8. The SMILES string of the molecule is O=C(Cc1cccs1)N/N=C\c1ccc(OCc2ccccc2F)cc1. The van der Waals surface area contributed by atoms with E-state index in [1.807, 2.05) is 29.6 Å². The van der Waals surface area contributed by atoms with Gasteiger partial charge in [-0.05, 0) is 47.3 Å². The highest BCUT2D eigenvalue weighted by molar-refractivity contribution is 7.10. The van der Waals surface area contributed by atoms with Gasteiger partial charge in [0.25, 0.3) is 0 Å². The van der Waals surface area contributed by atoms with E-state index in [1.54, 1.807) is 36.5 Å². The van der Waals surface area contributed by atoms with Gasteiger partial charge in [0.05, 0.1) is 12.6 Å². The summed E-state index contributed by atoms with van der Waals surface area (Å²) in [5.41, 5.74) is 3.83. The molecule has 132 valence electrons. The maximum Gasteiger partial charge on any atom is 0.245 e. The van der Waals surface area contributed by atoms with Crippen molar-refractivity contribution >= 4 is 23.5 Å². The van der Waals surface area contributed by atoms with Crippen molar-refractivity contribution < 1.29 is 13.9 Å². The number of nitrogens with one attached hydrogen (secondary N) is 1. The molecular weight excluding hydrogens is 351 g/mol. The van der Waals surface area contributed by atoms with Gasteiger partial charge in [0.1, 0.15) is 18.2 Å². The number of hydrogen-bond acceptors (Lipinski definition) is 4. The van der Waals surface area contributed by atoms with Crippen molar-refractivity contribution in [1.29, 1.82) is 0 Å². The summed E-state index contributed by atoms with van der Waals surface area (Å²) in [6.07, 6.45) is 1.88. The van der Waals surface area contributed by atoms with E-state index >= 15 is 0 Å². The largest absolute Gasteiger partial charge is 0.489 e. The summed E-state index contributed by atoms with van der Waals surface area (Å²) in [4.78, 5) is 12.7. The minimum absolute atomic E-state index is 0.159. The van der Waals surface area contributed by atoms with Crippen molar-refractivity contribution in [2.75, 3.05) is 0 Å². The number of benzene rings is 2. The van der Waals surface area contributed by atoms with Crippen LogP contribution in [0.15, 0.2) is 71.1 Å². The van der Waals surface area contributed by atoms with E-state index in [0.29, 0.717) is 17.7 Å². The van der Waals surface area contributed by atoms with Crippen LogP contribution in [-0.4, -0.2) is 12.1 Å². The number of ether oxygens (including phenoxy) is 1. The van der Waals surface area contributed by atoms with Crippen LogP contribution in [0.25, 0.3) is 0 Å². The van der Waals surface area contributed by atoms with E-state index in [4.69, 9.17) is 4.74 Å². The topological polar surface area (TPSA) is 50.7 Å². The Kier molecular flexibility index (Phi) is 6.11. The highest BCUT2D eigenvalue weighted by Gasteiger charge is 2.03. The van der Waals surface area contributed by atoms with Crippen LogP contribution >= 0.6 is 11.3 Å². The second-order valence-corrected chi connectivity index (χ2v) is 6.53. The minimum atomic E-state index is -0.283. The second kappa shape index (κ2) is 8.92. The third-order valence-electron chi connectivity index (χ3n) is 3.55. The highest BCUT2D eigenvalue weighted by Crippen LogP contribution is 2.15. The van der Waals surface area contributed by atoms with E-state index in [-0.39, 0.29) is 18.3 Å². The van der Waals surface area contributed by atoms with Crippen LogP contribution in [0.2, 0.25) is 0 Å². The van der Waals surface area contributed by atoms with E-state index in [9.17, 15) is 9.18 Å². The number of thiophene rings is 1. The first-order valence-corrected chi connectivity index (χ1v) is 8.89. The van der Waals surface area contributed by atoms with Gasteiger partial charge in [0.2, 0.25) is 5.91 Å². The maximum absolute atomic E-state index is 13.5. The zero-order valence-electron chi connectivity index (χ0n) is 13.9. The number of carbonyl (C=O) groups excluding carboxylic acids is 1. The molecular formula is C20H17FN2O2S. The van der Waals surface area contributed by atoms with Crippen LogP contribution in [0.1, 0.15) is 16.0 Å². The van der Waals surface area contributed by atoms with Crippen LogP contribution in [0.5, 0.6) is 5.75 Å². The lowest BCUT2D eigenvalue weighted by molar-refractivity contribution is -0.120. The van der Waals surface area contributed by atoms with Gasteiger partial charge in [-0.3, -0.25) is 4.79 Å². The van der Waals surface area contributed by atoms with Gasteiger partial charge in [0, 0.05) is 10.4 Å². The highest BCUT2D eigenvalue weighted by atomic mass is 32.1. The Morgan fingerprint density at radius 3 is 2.65 bits per heavy atom. The molecule has 3 rings (SSSR count). The molecule has 0 radical (unpaired) electrons. The fourth-order valence-electron chi connectivity index (χ4n) is 2.22. The van der Waals surface area contributed by atoms with Gasteiger partial charge in [-0.2, -0.15) is 5.10 Å². The smallest absolute Gasteiger partial charge is 0.245 e. The molecule has 0 aliphatic heterocycles. The molecule has 0 aliphatic carbocycles. The van der Waals surface area contributed by atoms with Crippen molar-refractivity contribution in [2.24, 2.45) is 5.10 Å². The molecule has 1 N–H and O–H groups in total. The summed E-state index contributed by atoms with van der Waals surface area (Å²) in [7, 11) is 0. The molecule has 4 nitrogen and oxygen atoms in total. The van der Waals surface area contributed by atoms with Crippen LogP contribution in [0.4, 0.5) is 4.39 Å². The van der Waals surface area contributed by atoms with Crippen molar-refractivity contribution in [3.05, 3.63) is 87.9 Å². The Morgan fingerprint density at radius 1 is 1.12 bits per heavy atom. The predicted molar refractivity (Wildman–Crippen MR) is 101 cm³/mol. The molecule has 6 heteroatoms. The molecule has 26 heavy (non-hydrogen) atoms. The zero-order valence-corrected chi connectivity index (χ0v) is 14.7. The number of carbonyl (C=O) groups is 1. The van der Waals surface area contributed by atoms with E-state index in [2.05, 4.69) is 10.5 Å². The first kappa shape index (κ1) is 17.8. The molecule has 0 saturated carbocycles. The van der Waals surface area contributed by atoms with Gasteiger partial charge in [-0.25, -0.2) is 9.82 Å². The molecule has 1 amide bonds. The van der Waals surface area contributed by atoms with Crippen molar-refractivity contribution in [3.8, 4) is 5.75 Å². The van der Waals surface area contributed by atoms with Gasteiger partial charge in [0.15, 0.2) is 0 Å². The quantitative estimate of drug-likeness (QED) is 0.503. The van der Waals surface area contributed by atoms with Crippen LogP contribution < -0.4 is 10.2 Å². The van der Waals surface area contributed by atoms with Crippen LogP contribution in [-0.2, 0) is 17.8 Å². The molecule has 3 aromatic rings. The molecule has 0 spiro atoms. The molecule has 0 fully saturated rings. The number of nitrogens with zero attached hydrogens (tertiary/aromatic N) is 1. The van der Waals surface area contributed by atoms with E-state index in [1.165, 1.54) is 17.4 Å². The molecule has 2 aromatic carbocycles. The van der Waals surface area contributed by atoms with E-state index < -0.39 is 0 Å². The molecule has 0 unspecified atom stereocenters. The lowest BCUT2D eigenvalue weighted by Gasteiger charge is -2.07. The standard InChI is InChI=1S/C20H17FN2O2S/c21-19-6-2-1-4-16(19)14-25-17-9-7-15(8-10-17)13-22-23-20(24)12-18-5-3-11-26-18/h1-11,13H,12,14H2,(H,23,24)/b22-13-. The molecule has 0 atom stereocenters. The van der Waals surface area contributed by atoms with Gasteiger partial charge >= 0.3 is 0 Å².